The summed E-state index contributed by atoms with van der Waals surface area (Å²) in [6, 6.07) is -0.482. The fraction of sp³-hybridized carbons (Fsp3) is 0.909. The molecule has 0 aliphatic carbocycles. The van der Waals surface area contributed by atoms with Gasteiger partial charge < -0.3 is 15.0 Å². The predicted octanol–water partition coefficient (Wildman–Crippen LogP) is 0.486. The zero-order valence-electron chi connectivity index (χ0n) is 12.0. The minimum atomic E-state index is -3.16. The highest BCUT2D eigenvalue weighted by Crippen LogP contribution is 2.07. The molecule has 0 unspecified atom stereocenters. The molecule has 0 spiro atoms. The maximum absolute atomic E-state index is 11.6. The van der Waals surface area contributed by atoms with E-state index >= 15 is 0 Å². The largest absolute Gasteiger partial charge is 0.444 e. The van der Waals surface area contributed by atoms with Crippen LogP contribution in [0.5, 0.6) is 0 Å². The zero-order valence-corrected chi connectivity index (χ0v) is 12.8. The smallest absolute Gasteiger partial charge is 0.407 e. The topological polar surface area (TPSA) is 75.7 Å². The van der Waals surface area contributed by atoms with E-state index in [0.717, 1.165) is 6.26 Å². The van der Waals surface area contributed by atoms with Gasteiger partial charge in [-0.3, -0.25) is 0 Å². The molecule has 0 aromatic rings. The molecule has 0 aromatic heterocycles. The van der Waals surface area contributed by atoms with E-state index in [2.05, 4.69) is 5.32 Å². The van der Waals surface area contributed by atoms with E-state index in [4.69, 9.17) is 4.74 Å². The molecule has 1 amide bonds. The van der Waals surface area contributed by atoms with Crippen molar-refractivity contribution in [1.29, 1.82) is 0 Å². The number of carbonyl (C=O) groups is 1. The summed E-state index contributed by atoms with van der Waals surface area (Å²) in [4.78, 5) is 13.4. The van der Waals surface area contributed by atoms with Gasteiger partial charge in [0.05, 0.1) is 11.8 Å². The van der Waals surface area contributed by atoms with E-state index in [1.807, 2.05) is 19.0 Å². The highest BCUT2D eigenvalue weighted by atomic mass is 32.2. The monoisotopic (exact) mass is 280 g/mol. The van der Waals surface area contributed by atoms with E-state index in [0.29, 0.717) is 6.54 Å². The van der Waals surface area contributed by atoms with Crippen LogP contribution in [-0.2, 0) is 14.6 Å². The number of ether oxygens (including phenoxy) is 1. The van der Waals surface area contributed by atoms with Crippen LogP contribution < -0.4 is 5.32 Å². The molecule has 7 heteroatoms. The second-order valence-electron chi connectivity index (χ2n) is 5.70. The van der Waals surface area contributed by atoms with Crippen LogP contribution in [0.2, 0.25) is 0 Å². The molecule has 0 heterocycles. The minimum absolute atomic E-state index is 0.107. The van der Waals surface area contributed by atoms with Crippen molar-refractivity contribution in [1.82, 2.24) is 10.2 Å². The Bertz CT molecular complexity index is 371. The van der Waals surface area contributed by atoms with E-state index in [-0.39, 0.29) is 5.75 Å². The summed E-state index contributed by atoms with van der Waals surface area (Å²) in [5, 5.41) is 2.58. The van der Waals surface area contributed by atoms with Gasteiger partial charge in [0.2, 0.25) is 0 Å². The molecular weight excluding hydrogens is 256 g/mol. The van der Waals surface area contributed by atoms with Crippen LogP contribution >= 0.6 is 0 Å². The van der Waals surface area contributed by atoms with Gasteiger partial charge in [-0.25, -0.2) is 13.2 Å². The minimum Gasteiger partial charge on any atom is -0.444 e. The van der Waals surface area contributed by atoms with Crippen molar-refractivity contribution >= 4 is 15.9 Å². The Balaban J connectivity index is 4.55. The van der Waals surface area contributed by atoms with Crippen molar-refractivity contribution in [2.45, 2.75) is 32.4 Å². The molecule has 0 aliphatic heterocycles. The fourth-order valence-corrected chi connectivity index (χ4v) is 2.34. The van der Waals surface area contributed by atoms with Crippen molar-refractivity contribution in [2.75, 3.05) is 32.6 Å². The maximum atomic E-state index is 11.6. The average Bonchev–Trinajstić information content (AvgIpc) is 1.92. The lowest BCUT2D eigenvalue weighted by molar-refractivity contribution is 0.0503. The molecule has 0 fully saturated rings. The first kappa shape index (κ1) is 17.2. The van der Waals surface area contributed by atoms with Crippen LogP contribution in [0, 0.1) is 0 Å². The van der Waals surface area contributed by atoms with Gasteiger partial charge >= 0.3 is 6.09 Å². The Morgan fingerprint density at radius 2 is 1.83 bits per heavy atom. The van der Waals surface area contributed by atoms with Gasteiger partial charge in [-0.15, -0.1) is 0 Å². The molecule has 18 heavy (non-hydrogen) atoms. The van der Waals surface area contributed by atoms with Crippen molar-refractivity contribution in [3.8, 4) is 0 Å². The number of sulfone groups is 1. The number of amides is 1. The first-order valence-corrected chi connectivity index (χ1v) is 7.77. The highest BCUT2D eigenvalue weighted by molar-refractivity contribution is 7.90. The number of carbonyl (C=O) groups excluding carboxylic acids is 1. The summed E-state index contributed by atoms with van der Waals surface area (Å²) in [6.07, 6.45) is 0.546. The van der Waals surface area contributed by atoms with Gasteiger partial charge in [-0.05, 0) is 34.9 Å². The normalized spacial score (nSPS) is 14.4. The quantitative estimate of drug-likeness (QED) is 0.793. The lowest BCUT2D eigenvalue weighted by atomic mass is 10.2. The second kappa shape index (κ2) is 6.38. The third kappa shape index (κ3) is 10.3. The standard InChI is InChI=1S/C11H24N2O4S/c1-11(2,3)17-10(14)12-9(7-13(4)5)8-18(6,15)16/h9H,7-8H2,1-6H3,(H,12,14)/t9-/m1/s1. The van der Waals surface area contributed by atoms with Gasteiger partial charge in [-0.1, -0.05) is 0 Å². The molecule has 0 saturated heterocycles. The Hall–Kier alpha value is -0.820. The second-order valence-corrected chi connectivity index (χ2v) is 7.88. The number of hydrogen-bond acceptors (Lipinski definition) is 5. The molecule has 108 valence electrons. The van der Waals surface area contributed by atoms with Gasteiger partial charge in [0.15, 0.2) is 0 Å². The Morgan fingerprint density at radius 3 is 2.17 bits per heavy atom. The van der Waals surface area contributed by atoms with Crippen LogP contribution in [0.25, 0.3) is 0 Å². The number of hydrogen-bond donors (Lipinski definition) is 1. The summed E-state index contributed by atoms with van der Waals surface area (Å²) in [5.41, 5.74) is -0.599. The summed E-state index contributed by atoms with van der Waals surface area (Å²) in [7, 11) is 0.468. The highest BCUT2D eigenvalue weighted by Gasteiger charge is 2.22. The lowest BCUT2D eigenvalue weighted by Gasteiger charge is -2.25. The molecule has 0 bridgehead atoms. The van der Waals surface area contributed by atoms with E-state index in [1.165, 1.54) is 0 Å². The molecule has 0 radical (unpaired) electrons. The van der Waals surface area contributed by atoms with Gasteiger partial charge in [0, 0.05) is 12.8 Å². The van der Waals surface area contributed by atoms with Crippen molar-refractivity contribution in [3.05, 3.63) is 0 Å². The van der Waals surface area contributed by atoms with Crippen LogP contribution in [0.3, 0.4) is 0 Å². The van der Waals surface area contributed by atoms with E-state index in [1.54, 1.807) is 20.8 Å². The molecule has 1 N–H and O–H groups in total. The van der Waals surface area contributed by atoms with Crippen molar-refractivity contribution in [3.63, 3.8) is 0 Å². The van der Waals surface area contributed by atoms with Gasteiger partial charge in [-0.2, -0.15) is 0 Å². The molecule has 0 rings (SSSR count). The molecule has 1 atom stereocenters. The van der Waals surface area contributed by atoms with Crippen molar-refractivity contribution < 1.29 is 17.9 Å². The number of rotatable bonds is 5. The van der Waals surface area contributed by atoms with Gasteiger partial charge in [0.1, 0.15) is 15.4 Å². The fourth-order valence-electron chi connectivity index (χ4n) is 1.42. The predicted molar refractivity (Wildman–Crippen MR) is 71.4 cm³/mol. The Kier molecular flexibility index (Phi) is 6.09. The molecule has 0 saturated carbocycles. The van der Waals surface area contributed by atoms with E-state index < -0.39 is 27.6 Å². The SMILES string of the molecule is CN(C)C[C@H](CS(C)(=O)=O)NC(=O)OC(C)(C)C. The summed E-state index contributed by atoms with van der Waals surface area (Å²) < 4.78 is 27.7. The summed E-state index contributed by atoms with van der Waals surface area (Å²) >= 11 is 0. The van der Waals surface area contributed by atoms with Gasteiger partial charge in [0.25, 0.3) is 0 Å². The molecular formula is C11H24N2O4S. The third-order valence-corrected chi connectivity index (χ3v) is 2.82. The first-order valence-electron chi connectivity index (χ1n) is 5.71. The third-order valence-electron chi connectivity index (χ3n) is 1.81. The Labute approximate surface area is 110 Å². The molecule has 0 aliphatic rings. The number of likely N-dealkylation sites (N-methyl/N-ethyl adjacent to an activating group) is 1. The lowest BCUT2D eigenvalue weighted by Crippen LogP contribution is -2.47. The maximum Gasteiger partial charge on any atom is 0.407 e. The Morgan fingerprint density at radius 1 is 1.33 bits per heavy atom. The van der Waals surface area contributed by atoms with Crippen LogP contribution in [-0.4, -0.2) is 63.7 Å². The number of nitrogens with one attached hydrogen (secondary N) is 1. The zero-order chi connectivity index (χ0) is 14.6. The molecule has 0 aromatic carbocycles. The number of alkyl carbamates (subject to hydrolysis) is 1. The molecule has 6 nitrogen and oxygen atoms in total. The first-order chi connectivity index (χ1) is 7.89. The van der Waals surface area contributed by atoms with Crippen LogP contribution in [0.15, 0.2) is 0 Å². The average molecular weight is 280 g/mol. The summed E-state index contributed by atoms with van der Waals surface area (Å²) in [6.45, 7) is 5.70. The summed E-state index contributed by atoms with van der Waals surface area (Å²) in [5.74, 6) is -0.107. The van der Waals surface area contributed by atoms with Crippen LogP contribution in [0.4, 0.5) is 4.79 Å². The number of nitrogens with zero attached hydrogens (tertiary/aromatic N) is 1. The van der Waals surface area contributed by atoms with E-state index in [9.17, 15) is 13.2 Å². The van der Waals surface area contributed by atoms with Crippen molar-refractivity contribution in [2.24, 2.45) is 0 Å². The van der Waals surface area contributed by atoms with Crippen LogP contribution in [0.1, 0.15) is 20.8 Å².